The first-order chi connectivity index (χ1) is 12.8. The van der Waals surface area contributed by atoms with Gasteiger partial charge in [0.1, 0.15) is 6.04 Å². The number of hydrogen-bond donors (Lipinski definition) is 4. The summed E-state index contributed by atoms with van der Waals surface area (Å²) in [5, 5.41) is 22.4. The van der Waals surface area contributed by atoms with Crippen LogP contribution in [-0.4, -0.2) is 40.2 Å². The van der Waals surface area contributed by atoms with Crippen molar-refractivity contribution in [3.63, 3.8) is 0 Å². The number of carbonyl (C=O) groups excluding carboxylic acids is 2. The number of alkyl halides is 2. The SMILES string of the molecule is CC(O)(C(F)F)[C@H](NC(=O)c1ccc(C#Cc2cccs2)cc1)C(=O)NO. The van der Waals surface area contributed by atoms with Gasteiger partial charge in [-0.15, -0.1) is 11.3 Å². The van der Waals surface area contributed by atoms with Crippen LogP contribution < -0.4 is 10.8 Å². The van der Waals surface area contributed by atoms with Crippen molar-refractivity contribution >= 4 is 23.2 Å². The van der Waals surface area contributed by atoms with Crippen LogP contribution in [0.4, 0.5) is 8.78 Å². The van der Waals surface area contributed by atoms with Crippen LogP contribution >= 0.6 is 11.3 Å². The van der Waals surface area contributed by atoms with Crippen LogP contribution in [0.3, 0.4) is 0 Å². The van der Waals surface area contributed by atoms with Crippen molar-refractivity contribution in [1.82, 2.24) is 10.8 Å². The number of rotatable bonds is 5. The Balaban J connectivity index is 2.15. The van der Waals surface area contributed by atoms with E-state index >= 15 is 0 Å². The Kier molecular flexibility index (Phi) is 6.63. The van der Waals surface area contributed by atoms with Gasteiger partial charge in [-0.3, -0.25) is 14.8 Å². The molecular formula is C18H16F2N2O4S. The molecule has 1 aromatic heterocycles. The highest BCUT2D eigenvalue weighted by atomic mass is 32.1. The normalized spacial score (nSPS) is 13.9. The number of amides is 2. The van der Waals surface area contributed by atoms with Gasteiger partial charge in [-0.25, -0.2) is 14.3 Å². The molecule has 142 valence electrons. The Morgan fingerprint density at radius 2 is 1.85 bits per heavy atom. The number of benzene rings is 1. The molecule has 1 aromatic carbocycles. The number of nitrogens with one attached hydrogen (secondary N) is 2. The molecule has 0 aliphatic heterocycles. The van der Waals surface area contributed by atoms with Crippen molar-refractivity contribution in [3.05, 3.63) is 57.8 Å². The molecule has 2 atom stereocenters. The summed E-state index contributed by atoms with van der Waals surface area (Å²) in [5.74, 6) is 3.62. The first-order valence-corrected chi connectivity index (χ1v) is 8.54. The minimum Gasteiger partial charge on any atom is -0.381 e. The molecule has 2 amide bonds. The standard InChI is InChI=1S/C18H16F2N2O4S/c1-18(25,17(19)20)14(16(24)22-26)21-15(23)12-7-4-11(5-8-12)6-9-13-3-2-10-27-13/h2-5,7-8,10,14,17,25-26H,1H3,(H,21,23)(H,22,24)/t14-,18?/m1/s1. The molecule has 27 heavy (non-hydrogen) atoms. The van der Waals surface area contributed by atoms with Crippen molar-refractivity contribution in [2.45, 2.75) is 25.0 Å². The topological polar surface area (TPSA) is 98.7 Å². The fourth-order valence-corrected chi connectivity index (χ4v) is 2.64. The molecule has 0 saturated carbocycles. The monoisotopic (exact) mass is 394 g/mol. The lowest BCUT2D eigenvalue weighted by Crippen LogP contribution is -2.61. The highest BCUT2D eigenvalue weighted by Gasteiger charge is 2.46. The summed E-state index contributed by atoms with van der Waals surface area (Å²) < 4.78 is 26.0. The van der Waals surface area contributed by atoms with Gasteiger partial charge >= 0.3 is 0 Å². The van der Waals surface area contributed by atoms with Crippen LogP contribution in [-0.2, 0) is 4.79 Å². The number of aliphatic hydroxyl groups is 1. The molecule has 4 N–H and O–H groups in total. The summed E-state index contributed by atoms with van der Waals surface area (Å²) in [6, 6.07) is 7.59. The van der Waals surface area contributed by atoms with E-state index in [-0.39, 0.29) is 5.56 Å². The molecule has 0 aliphatic carbocycles. The third-order valence-corrected chi connectivity index (χ3v) is 4.46. The third-order valence-electron chi connectivity index (χ3n) is 3.67. The van der Waals surface area contributed by atoms with Gasteiger partial charge in [-0.05, 0) is 42.6 Å². The zero-order valence-electron chi connectivity index (χ0n) is 14.1. The van der Waals surface area contributed by atoms with Gasteiger partial charge in [-0.2, -0.15) is 0 Å². The van der Waals surface area contributed by atoms with Gasteiger partial charge in [-0.1, -0.05) is 17.9 Å². The smallest absolute Gasteiger partial charge is 0.269 e. The van der Waals surface area contributed by atoms with E-state index in [1.165, 1.54) is 23.5 Å². The molecule has 0 bridgehead atoms. The molecule has 0 saturated heterocycles. The van der Waals surface area contributed by atoms with E-state index in [2.05, 4.69) is 11.8 Å². The molecule has 9 heteroatoms. The largest absolute Gasteiger partial charge is 0.381 e. The average molecular weight is 394 g/mol. The summed E-state index contributed by atoms with van der Waals surface area (Å²) in [5.41, 5.74) is -1.03. The summed E-state index contributed by atoms with van der Waals surface area (Å²) >= 11 is 1.49. The predicted octanol–water partition coefficient (Wildman–Crippen LogP) is 1.77. The molecule has 2 aromatic rings. The number of carbonyl (C=O) groups is 2. The van der Waals surface area contributed by atoms with Gasteiger partial charge in [0.25, 0.3) is 18.2 Å². The predicted molar refractivity (Wildman–Crippen MR) is 94.6 cm³/mol. The second-order valence-corrected chi connectivity index (χ2v) is 6.66. The van der Waals surface area contributed by atoms with Crippen LogP contribution in [0.25, 0.3) is 0 Å². The van der Waals surface area contributed by atoms with Gasteiger partial charge in [0.2, 0.25) is 0 Å². The van der Waals surface area contributed by atoms with E-state index in [1.54, 1.807) is 12.1 Å². The molecule has 0 fully saturated rings. The van der Waals surface area contributed by atoms with E-state index in [0.717, 1.165) is 10.4 Å². The lowest BCUT2D eigenvalue weighted by Gasteiger charge is -2.30. The number of thiophene rings is 1. The summed E-state index contributed by atoms with van der Waals surface area (Å²) in [6.45, 7) is 0.682. The van der Waals surface area contributed by atoms with Gasteiger partial charge < -0.3 is 10.4 Å². The Hall–Kier alpha value is -2.80. The first kappa shape index (κ1) is 20.5. The maximum absolute atomic E-state index is 13.0. The lowest BCUT2D eigenvalue weighted by atomic mass is 9.95. The number of halogens is 2. The average Bonchev–Trinajstić information content (AvgIpc) is 3.17. The van der Waals surface area contributed by atoms with Crippen LogP contribution in [0.1, 0.15) is 27.7 Å². The van der Waals surface area contributed by atoms with Gasteiger partial charge in [0.15, 0.2) is 5.60 Å². The van der Waals surface area contributed by atoms with E-state index in [4.69, 9.17) is 5.21 Å². The Morgan fingerprint density at radius 1 is 1.19 bits per heavy atom. The molecule has 0 radical (unpaired) electrons. The van der Waals surface area contributed by atoms with Gasteiger partial charge in [0, 0.05) is 11.1 Å². The fraction of sp³-hybridized carbons (Fsp3) is 0.222. The maximum Gasteiger partial charge on any atom is 0.269 e. The van der Waals surface area contributed by atoms with Crippen LogP contribution in [0.5, 0.6) is 0 Å². The molecule has 6 nitrogen and oxygen atoms in total. The fourth-order valence-electron chi connectivity index (χ4n) is 2.07. The van der Waals surface area contributed by atoms with Crippen LogP contribution in [0.15, 0.2) is 41.8 Å². The Bertz CT molecular complexity index is 856. The van der Waals surface area contributed by atoms with E-state index in [1.807, 2.05) is 22.8 Å². The maximum atomic E-state index is 13.0. The second-order valence-electron chi connectivity index (χ2n) is 5.71. The molecule has 2 rings (SSSR count). The minimum atomic E-state index is -3.34. The first-order valence-electron chi connectivity index (χ1n) is 7.66. The molecule has 1 heterocycles. The van der Waals surface area contributed by atoms with Crippen molar-refractivity contribution in [3.8, 4) is 11.8 Å². The van der Waals surface area contributed by atoms with Crippen LogP contribution in [0.2, 0.25) is 0 Å². The number of hydroxylamine groups is 1. The van der Waals surface area contributed by atoms with Crippen molar-refractivity contribution in [2.24, 2.45) is 0 Å². The van der Waals surface area contributed by atoms with Crippen molar-refractivity contribution < 1.29 is 28.7 Å². The van der Waals surface area contributed by atoms with Gasteiger partial charge in [0.05, 0.1) is 4.88 Å². The molecular weight excluding hydrogens is 378 g/mol. The van der Waals surface area contributed by atoms with E-state index in [0.29, 0.717) is 12.5 Å². The van der Waals surface area contributed by atoms with Crippen molar-refractivity contribution in [2.75, 3.05) is 0 Å². The Morgan fingerprint density at radius 3 is 2.37 bits per heavy atom. The quantitative estimate of drug-likeness (QED) is 0.353. The van der Waals surface area contributed by atoms with E-state index in [9.17, 15) is 23.5 Å². The molecule has 0 spiro atoms. The summed E-state index contributed by atoms with van der Waals surface area (Å²) in [7, 11) is 0. The summed E-state index contributed by atoms with van der Waals surface area (Å²) in [4.78, 5) is 24.7. The summed E-state index contributed by atoms with van der Waals surface area (Å²) in [6.07, 6.45) is -3.34. The number of hydrogen-bond acceptors (Lipinski definition) is 5. The van der Waals surface area contributed by atoms with E-state index < -0.39 is 29.9 Å². The van der Waals surface area contributed by atoms with Crippen molar-refractivity contribution in [1.29, 1.82) is 0 Å². The third kappa shape index (κ3) is 5.10. The Labute approximate surface area is 157 Å². The zero-order chi connectivity index (χ0) is 20.0. The molecule has 0 aliphatic rings. The second kappa shape index (κ2) is 8.73. The zero-order valence-corrected chi connectivity index (χ0v) is 14.9. The molecule has 1 unspecified atom stereocenters. The van der Waals surface area contributed by atoms with Crippen LogP contribution in [0, 0.1) is 11.8 Å². The highest BCUT2D eigenvalue weighted by Crippen LogP contribution is 2.20. The lowest BCUT2D eigenvalue weighted by molar-refractivity contribution is -0.149. The highest BCUT2D eigenvalue weighted by molar-refractivity contribution is 7.10. The minimum absolute atomic E-state index is 0.0671.